The van der Waals surface area contributed by atoms with Gasteiger partial charge in [-0.3, -0.25) is 15.5 Å². The lowest BCUT2D eigenvalue weighted by Crippen LogP contribution is -2.13. The number of rotatable bonds is 3. The zero-order valence-electron chi connectivity index (χ0n) is 10.8. The molecule has 1 aromatic carbocycles. The molecule has 0 aliphatic rings. The lowest BCUT2D eigenvalue weighted by molar-refractivity contribution is 0.465. The number of nitrogens with two attached hydrogens (primary N) is 1. The molecule has 20 heavy (non-hydrogen) atoms. The molecule has 0 aliphatic carbocycles. The van der Waals surface area contributed by atoms with Crippen LogP contribution in [0, 0.1) is 12.3 Å². The van der Waals surface area contributed by atoms with Crippen molar-refractivity contribution in [3.05, 3.63) is 47.8 Å². The monoisotopic (exact) mass is 267 g/mol. The predicted molar refractivity (Wildman–Crippen MR) is 76.2 cm³/mol. The Kier molecular flexibility index (Phi) is 2.83. The van der Waals surface area contributed by atoms with Gasteiger partial charge in [-0.1, -0.05) is 12.1 Å². The highest BCUT2D eigenvalue weighted by Gasteiger charge is 2.14. The van der Waals surface area contributed by atoms with E-state index in [4.69, 9.17) is 15.9 Å². The van der Waals surface area contributed by atoms with Crippen molar-refractivity contribution >= 4 is 16.7 Å². The summed E-state index contributed by atoms with van der Waals surface area (Å²) in [5.41, 5.74) is 7.72. The Morgan fingerprint density at radius 1 is 1.35 bits per heavy atom. The Hall–Kier alpha value is -2.89. The van der Waals surface area contributed by atoms with Crippen molar-refractivity contribution in [1.82, 2.24) is 15.2 Å². The number of aromatic amines is 1. The van der Waals surface area contributed by atoms with Gasteiger partial charge < -0.3 is 10.5 Å². The molecular weight excluding hydrogens is 254 g/mol. The molecule has 3 rings (SSSR count). The number of fused-ring (bicyclic) bond motifs is 1. The van der Waals surface area contributed by atoms with Gasteiger partial charge in [0.25, 0.3) is 0 Å². The fraction of sp³-hybridized carbons (Fsp3) is 0.0714. The highest BCUT2D eigenvalue weighted by atomic mass is 16.5. The lowest BCUT2D eigenvalue weighted by Gasteiger charge is -2.10. The van der Waals surface area contributed by atoms with Crippen molar-refractivity contribution in [3.8, 4) is 11.6 Å². The Morgan fingerprint density at radius 2 is 2.15 bits per heavy atom. The Morgan fingerprint density at radius 3 is 2.85 bits per heavy atom. The van der Waals surface area contributed by atoms with E-state index in [0.29, 0.717) is 17.2 Å². The van der Waals surface area contributed by atoms with Crippen molar-refractivity contribution in [1.29, 1.82) is 5.41 Å². The molecule has 2 aromatic heterocycles. The van der Waals surface area contributed by atoms with Gasteiger partial charge in [0.2, 0.25) is 5.88 Å². The van der Waals surface area contributed by atoms with Crippen LogP contribution < -0.4 is 10.5 Å². The summed E-state index contributed by atoms with van der Waals surface area (Å²) in [6.45, 7) is 1.89. The Bertz CT molecular complexity index is 793. The van der Waals surface area contributed by atoms with E-state index in [-0.39, 0.29) is 5.84 Å². The normalized spacial score (nSPS) is 10.7. The van der Waals surface area contributed by atoms with E-state index in [1.54, 1.807) is 12.3 Å². The van der Waals surface area contributed by atoms with Crippen molar-refractivity contribution in [2.24, 2.45) is 5.73 Å². The SMILES string of the molecule is Cc1cc(Oc2c(C(=N)N)cnc3ccccc23)n[nH]1. The van der Waals surface area contributed by atoms with Crippen molar-refractivity contribution < 1.29 is 4.74 Å². The van der Waals surface area contributed by atoms with Crippen LogP contribution in [-0.2, 0) is 0 Å². The van der Waals surface area contributed by atoms with Gasteiger partial charge >= 0.3 is 0 Å². The van der Waals surface area contributed by atoms with E-state index >= 15 is 0 Å². The third-order valence-electron chi connectivity index (χ3n) is 2.91. The summed E-state index contributed by atoms with van der Waals surface area (Å²) < 4.78 is 5.80. The highest BCUT2D eigenvalue weighted by Crippen LogP contribution is 2.31. The number of pyridine rings is 1. The summed E-state index contributed by atoms with van der Waals surface area (Å²) in [5, 5.41) is 15.3. The molecule has 6 heteroatoms. The number of ether oxygens (including phenoxy) is 1. The van der Waals surface area contributed by atoms with Crippen LogP contribution in [0.2, 0.25) is 0 Å². The second-order valence-electron chi connectivity index (χ2n) is 4.42. The van der Waals surface area contributed by atoms with Gasteiger partial charge in [0.1, 0.15) is 5.84 Å². The fourth-order valence-corrected chi connectivity index (χ4v) is 1.97. The Balaban J connectivity index is 2.19. The van der Waals surface area contributed by atoms with Gasteiger partial charge in [-0.15, -0.1) is 5.10 Å². The maximum atomic E-state index is 7.65. The number of nitrogens with zero attached hydrogens (tertiary/aromatic N) is 2. The van der Waals surface area contributed by atoms with Crippen LogP contribution >= 0.6 is 0 Å². The predicted octanol–water partition coefficient (Wildman–Crippen LogP) is 2.34. The summed E-state index contributed by atoms with van der Waals surface area (Å²) in [6, 6.07) is 9.31. The minimum atomic E-state index is -0.0921. The Labute approximate surface area is 115 Å². The van der Waals surface area contributed by atoms with Crippen LogP contribution in [0.25, 0.3) is 10.9 Å². The van der Waals surface area contributed by atoms with E-state index in [9.17, 15) is 0 Å². The molecule has 0 radical (unpaired) electrons. The molecule has 0 unspecified atom stereocenters. The maximum absolute atomic E-state index is 7.65. The van der Waals surface area contributed by atoms with Gasteiger partial charge in [0.15, 0.2) is 5.75 Å². The smallest absolute Gasteiger partial charge is 0.238 e. The van der Waals surface area contributed by atoms with E-state index in [1.165, 1.54) is 0 Å². The summed E-state index contributed by atoms with van der Waals surface area (Å²) in [4.78, 5) is 4.28. The topological polar surface area (TPSA) is 101 Å². The molecule has 0 aliphatic heterocycles. The number of hydrogen-bond acceptors (Lipinski definition) is 4. The van der Waals surface area contributed by atoms with Gasteiger partial charge in [-0.2, -0.15) is 0 Å². The molecule has 2 heterocycles. The third kappa shape index (κ3) is 2.07. The van der Waals surface area contributed by atoms with Crippen LogP contribution in [0.15, 0.2) is 36.5 Å². The third-order valence-corrected chi connectivity index (χ3v) is 2.91. The van der Waals surface area contributed by atoms with E-state index in [0.717, 1.165) is 16.6 Å². The van der Waals surface area contributed by atoms with E-state index < -0.39 is 0 Å². The zero-order valence-corrected chi connectivity index (χ0v) is 10.8. The molecule has 0 atom stereocenters. The highest BCUT2D eigenvalue weighted by molar-refractivity contribution is 6.03. The first kappa shape index (κ1) is 12.2. The minimum absolute atomic E-state index is 0.0921. The zero-order chi connectivity index (χ0) is 14.1. The largest absolute Gasteiger partial charge is 0.436 e. The van der Waals surface area contributed by atoms with Gasteiger partial charge in [-0.05, 0) is 19.1 Å². The molecule has 0 saturated heterocycles. The van der Waals surface area contributed by atoms with Crippen LogP contribution in [0.4, 0.5) is 0 Å². The second kappa shape index (κ2) is 4.65. The van der Waals surface area contributed by atoms with Crippen LogP contribution in [0.1, 0.15) is 11.3 Å². The summed E-state index contributed by atoms with van der Waals surface area (Å²) in [5.74, 6) is 0.835. The number of benzene rings is 1. The molecular formula is C14H13N5O. The number of hydrogen-bond donors (Lipinski definition) is 3. The van der Waals surface area contributed by atoms with Crippen LogP contribution in [0.3, 0.4) is 0 Å². The lowest BCUT2D eigenvalue weighted by atomic mass is 10.1. The van der Waals surface area contributed by atoms with Crippen molar-refractivity contribution in [2.75, 3.05) is 0 Å². The number of nitrogens with one attached hydrogen (secondary N) is 2. The summed E-state index contributed by atoms with van der Waals surface area (Å²) >= 11 is 0. The molecule has 4 N–H and O–H groups in total. The van der Waals surface area contributed by atoms with Gasteiger partial charge in [-0.25, -0.2) is 0 Å². The second-order valence-corrected chi connectivity index (χ2v) is 4.42. The van der Waals surface area contributed by atoms with Gasteiger partial charge in [0.05, 0.1) is 11.1 Å². The number of H-pyrrole nitrogens is 1. The van der Waals surface area contributed by atoms with Crippen LogP contribution in [-0.4, -0.2) is 21.0 Å². The first-order chi connectivity index (χ1) is 9.65. The number of nitrogen functional groups attached to an aromatic ring is 1. The van der Waals surface area contributed by atoms with Crippen molar-refractivity contribution in [3.63, 3.8) is 0 Å². The molecule has 6 nitrogen and oxygen atoms in total. The standard InChI is InChI=1S/C14H13N5O/c1-8-6-12(19-18-8)20-13-9-4-2-3-5-11(9)17-7-10(13)14(15)16/h2-7H,1H3,(H3,15,16)(H,18,19). The molecule has 3 aromatic rings. The summed E-state index contributed by atoms with van der Waals surface area (Å²) in [7, 11) is 0. The first-order valence-electron chi connectivity index (χ1n) is 6.07. The van der Waals surface area contributed by atoms with E-state index in [2.05, 4.69) is 15.2 Å². The number of amidine groups is 1. The van der Waals surface area contributed by atoms with E-state index in [1.807, 2.05) is 31.2 Å². The van der Waals surface area contributed by atoms with Crippen LogP contribution in [0.5, 0.6) is 11.6 Å². The molecule has 0 bridgehead atoms. The summed E-state index contributed by atoms with van der Waals surface area (Å²) in [6.07, 6.45) is 1.54. The molecule has 0 spiro atoms. The fourth-order valence-electron chi connectivity index (χ4n) is 1.97. The average Bonchev–Trinajstić information content (AvgIpc) is 2.84. The molecule has 100 valence electrons. The molecule has 0 amide bonds. The van der Waals surface area contributed by atoms with Gasteiger partial charge in [0, 0.05) is 23.3 Å². The minimum Gasteiger partial charge on any atom is -0.436 e. The number of aromatic nitrogens is 3. The average molecular weight is 267 g/mol. The molecule has 0 saturated carbocycles. The van der Waals surface area contributed by atoms with Crippen molar-refractivity contribution in [2.45, 2.75) is 6.92 Å². The maximum Gasteiger partial charge on any atom is 0.238 e. The number of aryl methyl sites for hydroxylation is 1. The molecule has 0 fully saturated rings. The quantitative estimate of drug-likeness (QED) is 0.500. The number of para-hydroxylation sites is 1. The first-order valence-corrected chi connectivity index (χ1v) is 6.07.